The van der Waals surface area contributed by atoms with Crippen molar-refractivity contribution in [2.24, 2.45) is 0 Å². The summed E-state index contributed by atoms with van der Waals surface area (Å²) in [5.74, 6) is 1.38. The zero-order valence-electron chi connectivity index (χ0n) is 12.4. The second kappa shape index (κ2) is 5.99. The van der Waals surface area contributed by atoms with Crippen LogP contribution >= 0.6 is 0 Å². The molecule has 0 fully saturated rings. The lowest BCUT2D eigenvalue weighted by atomic mass is 10.0. The van der Waals surface area contributed by atoms with Crippen LogP contribution in [-0.4, -0.2) is 37.3 Å². The third-order valence-electron chi connectivity index (χ3n) is 3.80. The summed E-state index contributed by atoms with van der Waals surface area (Å²) in [7, 11) is 3.17. The lowest BCUT2D eigenvalue weighted by molar-refractivity contribution is 0.352. The van der Waals surface area contributed by atoms with Crippen LogP contribution in [-0.2, 0) is 12.8 Å². The van der Waals surface area contributed by atoms with E-state index in [4.69, 9.17) is 9.47 Å². The van der Waals surface area contributed by atoms with E-state index in [1.807, 2.05) is 6.07 Å². The number of aromatic nitrogens is 2. The molecule has 1 aromatic carbocycles. The van der Waals surface area contributed by atoms with Crippen LogP contribution in [0.25, 0.3) is 0 Å². The SMILES string of the molecule is COc1cc(N2CCc3ccccc3CC2)nc(OC)n1. The second-order valence-corrected chi connectivity index (χ2v) is 5.01. The molecule has 0 amide bonds. The van der Waals surface area contributed by atoms with Crippen molar-refractivity contribution in [3.05, 3.63) is 41.5 Å². The Morgan fingerprint density at radius 1 is 0.952 bits per heavy atom. The molecule has 1 aromatic heterocycles. The van der Waals surface area contributed by atoms with Gasteiger partial charge in [0.25, 0.3) is 0 Å². The number of rotatable bonds is 3. The molecule has 1 aliphatic heterocycles. The molecule has 110 valence electrons. The largest absolute Gasteiger partial charge is 0.481 e. The van der Waals surface area contributed by atoms with E-state index in [1.165, 1.54) is 11.1 Å². The molecule has 21 heavy (non-hydrogen) atoms. The summed E-state index contributed by atoms with van der Waals surface area (Å²) < 4.78 is 10.4. The zero-order chi connectivity index (χ0) is 14.7. The summed E-state index contributed by atoms with van der Waals surface area (Å²) >= 11 is 0. The highest BCUT2D eigenvalue weighted by molar-refractivity contribution is 5.45. The third-order valence-corrected chi connectivity index (χ3v) is 3.80. The van der Waals surface area contributed by atoms with Gasteiger partial charge in [0, 0.05) is 19.2 Å². The Balaban J connectivity index is 1.85. The molecule has 5 heteroatoms. The summed E-state index contributed by atoms with van der Waals surface area (Å²) in [6.07, 6.45) is 2.04. The average molecular weight is 285 g/mol. The second-order valence-electron chi connectivity index (χ2n) is 5.01. The first kappa shape index (κ1) is 13.7. The molecule has 0 saturated heterocycles. The van der Waals surface area contributed by atoms with Gasteiger partial charge in [-0.2, -0.15) is 9.97 Å². The fourth-order valence-corrected chi connectivity index (χ4v) is 2.65. The van der Waals surface area contributed by atoms with Gasteiger partial charge in [0.15, 0.2) is 0 Å². The quantitative estimate of drug-likeness (QED) is 0.864. The minimum absolute atomic E-state index is 0.339. The van der Waals surface area contributed by atoms with Crippen molar-refractivity contribution < 1.29 is 9.47 Å². The van der Waals surface area contributed by atoms with Crippen molar-refractivity contribution in [2.45, 2.75) is 12.8 Å². The van der Waals surface area contributed by atoms with Crippen molar-refractivity contribution in [1.82, 2.24) is 9.97 Å². The van der Waals surface area contributed by atoms with Crippen molar-refractivity contribution in [2.75, 3.05) is 32.2 Å². The van der Waals surface area contributed by atoms with E-state index in [0.717, 1.165) is 31.7 Å². The summed E-state index contributed by atoms with van der Waals surface area (Å²) in [5.41, 5.74) is 2.85. The standard InChI is InChI=1S/C16H19N3O2/c1-20-15-11-14(17-16(18-15)21-2)19-9-7-12-5-3-4-6-13(12)8-10-19/h3-6,11H,7-10H2,1-2H3. The highest BCUT2D eigenvalue weighted by Crippen LogP contribution is 2.24. The van der Waals surface area contributed by atoms with Crippen LogP contribution < -0.4 is 14.4 Å². The fraction of sp³-hybridized carbons (Fsp3) is 0.375. The van der Waals surface area contributed by atoms with E-state index >= 15 is 0 Å². The van der Waals surface area contributed by atoms with Gasteiger partial charge >= 0.3 is 6.01 Å². The van der Waals surface area contributed by atoms with Gasteiger partial charge in [-0.05, 0) is 24.0 Å². The summed E-state index contributed by atoms with van der Waals surface area (Å²) in [6.45, 7) is 1.86. The molecule has 2 aromatic rings. The zero-order valence-corrected chi connectivity index (χ0v) is 12.4. The van der Waals surface area contributed by atoms with Gasteiger partial charge in [0.2, 0.25) is 5.88 Å². The monoisotopic (exact) mass is 285 g/mol. The minimum Gasteiger partial charge on any atom is -0.481 e. The van der Waals surface area contributed by atoms with Crippen LogP contribution in [0.4, 0.5) is 5.82 Å². The van der Waals surface area contributed by atoms with E-state index in [2.05, 4.69) is 39.1 Å². The predicted molar refractivity (Wildman–Crippen MR) is 81.2 cm³/mol. The van der Waals surface area contributed by atoms with Gasteiger partial charge in [-0.25, -0.2) is 0 Å². The van der Waals surface area contributed by atoms with Crippen LogP contribution in [0.2, 0.25) is 0 Å². The Morgan fingerprint density at radius 2 is 1.62 bits per heavy atom. The molecule has 0 spiro atoms. The summed E-state index contributed by atoms with van der Waals surface area (Å²) in [4.78, 5) is 10.8. The van der Waals surface area contributed by atoms with E-state index in [1.54, 1.807) is 14.2 Å². The van der Waals surface area contributed by atoms with Crippen molar-refractivity contribution in [3.63, 3.8) is 0 Å². The lowest BCUT2D eigenvalue weighted by Crippen LogP contribution is -2.27. The molecule has 0 saturated carbocycles. The van der Waals surface area contributed by atoms with Crippen LogP contribution in [0.5, 0.6) is 11.9 Å². The Hall–Kier alpha value is -2.30. The normalized spacial score (nSPS) is 14.3. The molecule has 2 heterocycles. The number of anilines is 1. The number of ether oxygens (including phenoxy) is 2. The van der Waals surface area contributed by atoms with E-state index in [-0.39, 0.29) is 0 Å². The first-order valence-electron chi connectivity index (χ1n) is 7.09. The van der Waals surface area contributed by atoms with Gasteiger partial charge < -0.3 is 14.4 Å². The molecule has 0 bridgehead atoms. The van der Waals surface area contributed by atoms with Gasteiger partial charge in [0.05, 0.1) is 14.2 Å². The summed E-state index contributed by atoms with van der Waals surface area (Å²) in [5, 5.41) is 0. The molecular formula is C16H19N3O2. The molecule has 5 nitrogen and oxygen atoms in total. The topological polar surface area (TPSA) is 47.5 Å². The summed E-state index contributed by atoms with van der Waals surface area (Å²) in [6, 6.07) is 10.8. The van der Waals surface area contributed by atoms with Gasteiger partial charge in [0.1, 0.15) is 5.82 Å². The fourth-order valence-electron chi connectivity index (χ4n) is 2.65. The van der Waals surface area contributed by atoms with E-state index in [0.29, 0.717) is 11.9 Å². The number of methoxy groups -OCH3 is 2. The number of benzene rings is 1. The van der Waals surface area contributed by atoms with Crippen LogP contribution in [0.1, 0.15) is 11.1 Å². The molecular weight excluding hydrogens is 266 g/mol. The maximum absolute atomic E-state index is 5.22. The smallest absolute Gasteiger partial charge is 0.321 e. The molecule has 0 N–H and O–H groups in total. The minimum atomic E-state index is 0.339. The average Bonchev–Trinajstić information content (AvgIpc) is 2.77. The number of nitrogens with zero attached hydrogens (tertiary/aromatic N) is 3. The van der Waals surface area contributed by atoms with E-state index < -0.39 is 0 Å². The molecule has 0 unspecified atom stereocenters. The Labute approximate surface area is 124 Å². The Bertz CT molecular complexity index is 581. The van der Waals surface area contributed by atoms with E-state index in [9.17, 15) is 0 Å². The molecule has 0 aliphatic carbocycles. The maximum Gasteiger partial charge on any atom is 0.321 e. The number of hydrogen-bond acceptors (Lipinski definition) is 5. The third kappa shape index (κ3) is 2.91. The Kier molecular flexibility index (Phi) is 3.90. The predicted octanol–water partition coefficient (Wildman–Crippen LogP) is 2.10. The molecule has 0 radical (unpaired) electrons. The molecule has 1 aliphatic rings. The van der Waals surface area contributed by atoms with Crippen LogP contribution in [0.15, 0.2) is 30.3 Å². The van der Waals surface area contributed by atoms with Crippen molar-refractivity contribution in [3.8, 4) is 11.9 Å². The Morgan fingerprint density at radius 3 is 2.19 bits per heavy atom. The first-order valence-corrected chi connectivity index (χ1v) is 7.09. The van der Waals surface area contributed by atoms with Gasteiger partial charge in [-0.15, -0.1) is 0 Å². The van der Waals surface area contributed by atoms with Gasteiger partial charge in [-0.1, -0.05) is 24.3 Å². The van der Waals surface area contributed by atoms with Crippen molar-refractivity contribution in [1.29, 1.82) is 0 Å². The highest BCUT2D eigenvalue weighted by Gasteiger charge is 2.17. The highest BCUT2D eigenvalue weighted by atomic mass is 16.5. The first-order chi connectivity index (χ1) is 10.3. The lowest BCUT2D eigenvalue weighted by Gasteiger charge is -2.21. The van der Waals surface area contributed by atoms with Crippen LogP contribution in [0.3, 0.4) is 0 Å². The number of hydrogen-bond donors (Lipinski definition) is 0. The molecule has 3 rings (SSSR count). The molecule has 0 atom stereocenters. The van der Waals surface area contributed by atoms with Gasteiger partial charge in [-0.3, -0.25) is 0 Å². The number of fused-ring (bicyclic) bond motifs is 1. The maximum atomic E-state index is 5.22. The van der Waals surface area contributed by atoms with Crippen LogP contribution in [0, 0.1) is 0 Å². The van der Waals surface area contributed by atoms with Crippen molar-refractivity contribution >= 4 is 5.82 Å².